The average molecular weight is 166 g/mol. The van der Waals surface area contributed by atoms with Gasteiger partial charge in [-0.1, -0.05) is 13.0 Å². The van der Waals surface area contributed by atoms with Crippen molar-refractivity contribution in [3.8, 4) is 0 Å². The Balaban J connectivity index is 2.61. The summed E-state index contributed by atoms with van der Waals surface area (Å²) in [6.45, 7) is 3.04. The summed E-state index contributed by atoms with van der Waals surface area (Å²) in [5.41, 5.74) is 5.84. The molecule has 0 bridgehead atoms. The first kappa shape index (κ1) is 8.84. The van der Waals surface area contributed by atoms with Gasteiger partial charge in [0.05, 0.1) is 0 Å². The fourth-order valence-corrected chi connectivity index (χ4v) is 1.17. The molecule has 1 amide bonds. The van der Waals surface area contributed by atoms with E-state index in [1.54, 1.807) is 0 Å². The molecular formula is C9H14N2O. The Hall–Kier alpha value is -1.25. The second kappa shape index (κ2) is 3.95. The second-order valence-corrected chi connectivity index (χ2v) is 2.85. The first-order valence-electron chi connectivity index (χ1n) is 4.17. The smallest absolute Gasteiger partial charge is 0.246 e. The van der Waals surface area contributed by atoms with E-state index in [0.717, 1.165) is 13.0 Å². The van der Waals surface area contributed by atoms with Crippen molar-refractivity contribution in [3.05, 3.63) is 24.0 Å². The Labute approximate surface area is 72.5 Å². The molecule has 1 heterocycles. The maximum absolute atomic E-state index is 10.8. The molecule has 1 aliphatic heterocycles. The number of carbonyl (C=O) groups is 1. The van der Waals surface area contributed by atoms with Crippen molar-refractivity contribution in [2.24, 2.45) is 5.73 Å². The van der Waals surface area contributed by atoms with E-state index in [1.807, 2.05) is 23.4 Å². The van der Waals surface area contributed by atoms with Gasteiger partial charge in [0, 0.05) is 18.3 Å². The molecule has 0 radical (unpaired) electrons. The van der Waals surface area contributed by atoms with Gasteiger partial charge in [-0.05, 0) is 19.0 Å². The molecule has 1 aliphatic rings. The predicted molar refractivity (Wildman–Crippen MR) is 48.0 cm³/mol. The van der Waals surface area contributed by atoms with Crippen LogP contribution in [0.25, 0.3) is 0 Å². The van der Waals surface area contributed by atoms with E-state index in [2.05, 4.69) is 6.92 Å². The maximum atomic E-state index is 10.8. The van der Waals surface area contributed by atoms with E-state index in [1.165, 1.54) is 0 Å². The molecule has 0 saturated heterocycles. The van der Waals surface area contributed by atoms with E-state index in [4.69, 9.17) is 5.73 Å². The van der Waals surface area contributed by atoms with Gasteiger partial charge in [0.2, 0.25) is 5.91 Å². The van der Waals surface area contributed by atoms with Crippen LogP contribution in [-0.2, 0) is 4.79 Å². The minimum atomic E-state index is -0.319. The van der Waals surface area contributed by atoms with Crippen LogP contribution in [0.15, 0.2) is 24.0 Å². The fourth-order valence-electron chi connectivity index (χ4n) is 1.17. The molecule has 0 aliphatic carbocycles. The fraction of sp³-hybridized carbons (Fsp3) is 0.444. The number of amides is 1. The molecule has 1 rings (SSSR count). The zero-order valence-electron chi connectivity index (χ0n) is 7.29. The van der Waals surface area contributed by atoms with Crippen molar-refractivity contribution in [1.82, 2.24) is 4.90 Å². The quantitative estimate of drug-likeness (QED) is 0.679. The Morgan fingerprint density at radius 2 is 2.50 bits per heavy atom. The van der Waals surface area contributed by atoms with Gasteiger partial charge in [0.15, 0.2) is 0 Å². The lowest BCUT2D eigenvalue weighted by Crippen LogP contribution is -2.21. The molecule has 66 valence electrons. The number of rotatable bonds is 3. The first-order chi connectivity index (χ1) is 5.74. The van der Waals surface area contributed by atoms with Gasteiger partial charge < -0.3 is 10.6 Å². The van der Waals surface area contributed by atoms with Crippen molar-refractivity contribution >= 4 is 5.91 Å². The lowest BCUT2D eigenvalue weighted by molar-refractivity contribution is -0.114. The molecule has 0 saturated carbocycles. The number of nitrogens with zero attached hydrogens (tertiary/aromatic N) is 1. The number of primary amides is 1. The highest BCUT2D eigenvalue weighted by Crippen LogP contribution is 2.11. The predicted octanol–water partition coefficient (Wildman–Crippen LogP) is 0.985. The normalized spacial score (nSPS) is 16.1. The molecule has 3 heteroatoms. The summed E-state index contributed by atoms with van der Waals surface area (Å²) in [7, 11) is 0. The van der Waals surface area contributed by atoms with Gasteiger partial charge in [-0.25, -0.2) is 0 Å². The van der Waals surface area contributed by atoms with Crippen LogP contribution in [0.4, 0.5) is 0 Å². The largest absolute Gasteiger partial charge is 0.366 e. The standard InChI is InChI=1S/C9H14N2O/c1-2-5-11-6-3-4-8(7-11)9(10)12/h3,6-7H,2,4-5H2,1H3,(H2,10,12). The van der Waals surface area contributed by atoms with Crippen LogP contribution in [0.2, 0.25) is 0 Å². The highest BCUT2D eigenvalue weighted by Gasteiger charge is 2.08. The zero-order valence-corrected chi connectivity index (χ0v) is 7.29. The third-order valence-corrected chi connectivity index (χ3v) is 1.75. The molecule has 0 atom stereocenters. The Bertz CT molecular complexity index is 231. The summed E-state index contributed by atoms with van der Waals surface area (Å²) >= 11 is 0. The molecule has 3 nitrogen and oxygen atoms in total. The maximum Gasteiger partial charge on any atom is 0.246 e. The molecular weight excluding hydrogens is 152 g/mol. The van der Waals surface area contributed by atoms with Gasteiger partial charge in [-0.2, -0.15) is 0 Å². The zero-order chi connectivity index (χ0) is 8.97. The number of nitrogens with two attached hydrogens (primary N) is 1. The number of hydrogen-bond acceptors (Lipinski definition) is 2. The van der Waals surface area contributed by atoms with Gasteiger partial charge in [-0.3, -0.25) is 4.79 Å². The second-order valence-electron chi connectivity index (χ2n) is 2.85. The van der Waals surface area contributed by atoms with E-state index >= 15 is 0 Å². The SMILES string of the molecule is CCCN1C=CCC(C(N)=O)=C1. The minimum Gasteiger partial charge on any atom is -0.366 e. The number of carbonyl (C=O) groups excluding carboxylic acids is 1. The highest BCUT2D eigenvalue weighted by atomic mass is 16.1. The third-order valence-electron chi connectivity index (χ3n) is 1.75. The van der Waals surface area contributed by atoms with E-state index in [9.17, 15) is 4.79 Å². The van der Waals surface area contributed by atoms with Crippen molar-refractivity contribution < 1.29 is 4.79 Å². The molecule has 0 aromatic carbocycles. The summed E-state index contributed by atoms with van der Waals surface area (Å²) in [6.07, 6.45) is 7.49. The molecule has 12 heavy (non-hydrogen) atoms. The minimum absolute atomic E-state index is 0.319. The topological polar surface area (TPSA) is 46.3 Å². The van der Waals surface area contributed by atoms with Crippen molar-refractivity contribution in [1.29, 1.82) is 0 Å². The highest BCUT2D eigenvalue weighted by molar-refractivity contribution is 5.92. The van der Waals surface area contributed by atoms with Gasteiger partial charge in [0.25, 0.3) is 0 Å². The van der Waals surface area contributed by atoms with Crippen LogP contribution in [0, 0.1) is 0 Å². The average Bonchev–Trinajstić information content (AvgIpc) is 2.05. The molecule has 0 aromatic heterocycles. The molecule has 0 spiro atoms. The Morgan fingerprint density at radius 3 is 3.08 bits per heavy atom. The van der Waals surface area contributed by atoms with Crippen LogP contribution in [0.1, 0.15) is 19.8 Å². The lowest BCUT2D eigenvalue weighted by atomic mass is 10.1. The van der Waals surface area contributed by atoms with Gasteiger partial charge in [0.1, 0.15) is 0 Å². The van der Waals surface area contributed by atoms with Crippen molar-refractivity contribution in [3.63, 3.8) is 0 Å². The van der Waals surface area contributed by atoms with E-state index in [0.29, 0.717) is 12.0 Å². The van der Waals surface area contributed by atoms with Crippen molar-refractivity contribution in [2.45, 2.75) is 19.8 Å². The van der Waals surface area contributed by atoms with Crippen LogP contribution in [0.3, 0.4) is 0 Å². The molecule has 0 fully saturated rings. The lowest BCUT2D eigenvalue weighted by Gasteiger charge is -2.19. The summed E-state index contributed by atoms with van der Waals surface area (Å²) in [4.78, 5) is 12.8. The number of allylic oxidation sites excluding steroid dienone is 1. The van der Waals surface area contributed by atoms with E-state index in [-0.39, 0.29) is 5.91 Å². The summed E-state index contributed by atoms with van der Waals surface area (Å²) < 4.78 is 0. The summed E-state index contributed by atoms with van der Waals surface area (Å²) in [5.74, 6) is -0.319. The Kier molecular flexibility index (Phi) is 2.91. The van der Waals surface area contributed by atoms with Crippen LogP contribution in [0.5, 0.6) is 0 Å². The third kappa shape index (κ3) is 2.12. The van der Waals surface area contributed by atoms with E-state index < -0.39 is 0 Å². The first-order valence-corrected chi connectivity index (χ1v) is 4.17. The van der Waals surface area contributed by atoms with Gasteiger partial charge in [-0.15, -0.1) is 0 Å². The van der Waals surface area contributed by atoms with Crippen LogP contribution >= 0.6 is 0 Å². The van der Waals surface area contributed by atoms with Crippen LogP contribution in [-0.4, -0.2) is 17.4 Å². The molecule has 2 N–H and O–H groups in total. The number of hydrogen-bond donors (Lipinski definition) is 1. The monoisotopic (exact) mass is 166 g/mol. The van der Waals surface area contributed by atoms with Crippen LogP contribution < -0.4 is 5.73 Å². The summed E-state index contributed by atoms with van der Waals surface area (Å²) in [5, 5.41) is 0. The molecule has 0 aromatic rings. The molecule has 0 unspecified atom stereocenters. The van der Waals surface area contributed by atoms with Crippen molar-refractivity contribution in [2.75, 3.05) is 6.54 Å². The Morgan fingerprint density at radius 1 is 1.75 bits per heavy atom. The summed E-state index contributed by atoms with van der Waals surface area (Å²) in [6, 6.07) is 0. The van der Waals surface area contributed by atoms with Gasteiger partial charge >= 0.3 is 0 Å².